The minimum Gasteiger partial charge on any atom is -0.457 e. The second-order valence-corrected chi connectivity index (χ2v) is 8.72. The molecule has 0 amide bonds. The number of ether oxygens (including phenoxy) is 1. The van der Waals surface area contributed by atoms with Crippen LogP contribution in [0.3, 0.4) is 0 Å². The molecule has 1 saturated heterocycles. The molecule has 1 aliphatic heterocycles. The van der Waals surface area contributed by atoms with Crippen LogP contribution in [0, 0.1) is 0 Å². The summed E-state index contributed by atoms with van der Waals surface area (Å²) in [4.78, 5) is 48.0. The van der Waals surface area contributed by atoms with E-state index in [1.165, 1.54) is 0 Å². The molecule has 2 heterocycles. The third-order valence-electron chi connectivity index (χ3n) is 6.17. The van der Waals surface area contributed by atoms with Gasteiger partial charge in [0.25, 0.3) is 0 Å². The zero-order valence-electron chi connectivity index (χ0n) is 20.6. The number of ketones is 1. The van der Waals surface area contributed by atoms with E-state index in [0.717, 1.165) is 24.3 Å². The number of hydrogen-bond acceptors (Lipinski definition) is 8. The second kappa shape index (κ2) is 11.6. The summed E-state index contributed by atoms with van der Waals surface area (Å²) < 4.78 is 7.39. The standard InChI is InChI=1S/C29H26N4O5/c34-27(22-7-9-23(10-8-22)28(35)38-33-17-14-30-15-18-33)25-3-1-2-4-26(25)29(36)37-19-21-5-11-24(12-6-21)32-16-13-31-20-32/h1-13,16,20,30H,14-15,17-19H2. The number of piperazine rings is 1. The SMILES string of the molecule is O=C(ON1CCNCC1)c1ccc(C(=O)c2ccccc2C(=O)OCc2ccc(-n3ccnc3)cc2)cc1. The average Bonchev–Trinajstić information content (AvgIpc) is 3.52. The summed E-state index contributed by atoms with van der Waals surface area (Å²) in [6, 6.07) is 20.3. The molecule has 0 saturated carbocycles. The minimum absolute atomic E-state index is 0.0649. The van der Waals surface area contributed by atoms with Crippen LogP contribution >= 0.6 is 0 Å². The van der Waals surface area contributed by atoms with Gasteiger partial charge in [0.1, 0.15) is 6.61 Å². The fraction of sp³-hybridized carbons (Fsp3) is 0.172. The van der Waals surface area contributed by atoms with Gasteiger partial charge < -0.3 is 19.5 Å². The van der Waals surface area contributed by atoms with Crippen molar-refractivity contribution in [2.24, 2.45) is 0 Å². The maximum atomic E-state index is 13.2. The van der Waals surface area contributed by atoms with Crippen molar-refractivity contribution >= 4 is 17.7 Å². The number of carbonyl (C=O) groups excluding carboxylic acids is 3. The van der Waals surface area contributed by atoms with Crippen LogP contribution in [0.15, 0.2) is 91.5 Å². The molecular formula is C29H26N4O5. The Hall–Kier alpha value is -4.60. The Kier molecular flexibility index (Phi) is 7.67. The predicted molar refractivity (Wildman–Crippen MR) is 139 cm³/mol. The highest BCUT2D eigenvalue weighted by Gasteiger charge is 2.21. The van der Waals surface area contributed by atoms with Gasteiger partial charge in [-0.15, -0.1) is 5.06 Å². The Morgan fingerprint density at radius 3 is 2.18 bits per heavy atom. The molecule has 1 aliphatic rings. The van der Waals surface area contributed by atoms with Gasteiger partial charge in [-0.1, -0.05) is 42.5 Å². The summed E-state index contributed by atoms with van der Waals surface area (Å²) in [5, 5.41) is 4.81. The molecule has 0 unspecified atom stereocenters. The third kappa shape index (κ3) is 5.86. The van der Waals surface area contributed by atoms with E-state index in [0.29, 0.717) is 24.2 Å². The summed E-state index contributed by atoms with van der Waals surface area (Å²) >= 11 is 0. The zero-order chi connectivity index (χ0) is 26.3. The van der Waals surface area contributed by atoms with Crippen LogP contribution in [0.5, 0.6) is 0 Å². The van der Waals surface area contributed by atoms with Gasteiger partial charge in [0.05, 0.1) is 17.5 Å². The Labute approximate surface area is 219 Å². The Bertz CT molecular complexity index is 1410. The van der Waals surface area contributed by atoms with E-state index < -0.39 is 11.9 Å². The monoisotopic (exact) mass is 510 g/mol. The number of aromatic nitrogens is 2. The maximum absolute atomic E-state index is 13.2. The first-order chi connectivity index (χ1) is 18.6. The lowest BCUT2D eigenvalue weighted by Crippen LogP contribution is -2.44. The van der Waals surface area contributed by atoms with Crippen LogP contribution in [0.2, 0.25) is 0 Å². The lowest BCUT2D eigenvalue weighted by Gasteiger charge is -2.25. The molecule has 1 N–H and O–H groups in total. The average molecular weight is 511 g/mol. The number of nitrogens with one attached hydrogen (secondary N) is 1. The summed E-state index contributed by atoms with van der Waals surface area (Å²) in [6.07, 6.45) is 5.25. The van der Waals surface area contributed by atoms with E-state index in [2.05, 4.69) is 10.3 Å². The van der Waals surface area contributed by atoms with Crippen LogP contribution < -0.4 is 5.32 Å². The van der Waals surface area contributed by atoms with Crippen molar-refractivity contribution in [3.63, 3.8) is 0 Å². The molecule has 0 aliphatic carbocycles. The highest BCUT2D eigenvalue weighted by atomic mass is 16.7. The van der Waals surface area contributed by atoms with Crippen LogP contribution in [0.4, 0.5) is 0 Å². The fourth-order valence-electron chi connectivity index (χ4n) is 4.08. The van der Waals surface area contributed by atoms with Crippen molar-refractivity contribution in [3.05, 3.63) is 119 Å². The second-order valence-electron chi connectivity index (χ2n) is 8.72. The van der Waals surface area contributed by atoms with E-state index in [-0.39, 0.29) is 23.5 Å². The molecule has 4 aromatic rings. The topological polar surface area (TPSA) is 103 Å². The zero-order valence-corrected chi connectivity index (χ0v) is 20.6. The van der Waals surface area contributed by atoms with Gasteiger partial charge in [0, 0.05) is 55.4 Å². The molecule has 5 rings (SSSR count). The summed E-state index contributed by atoms with van der Waals surface area (Å²) in [5.41, 5.74) is 2.84. The lowest BCUT2D eigenvalue weighted by molar-refractivity contribution is -0.115. The number of esters is 1. The predicted octanol–water partition coefficient (Wildman–Crippen LogP) is 3.44. The Balaban J connectivity index is 1.23. The molecule has 1 fully saturated rings. The van der Waals surface area contributed by atoms with Gasteiger partial charge in [0.15, 0.2) is 5.78 Å². The molecule has 3 aromatic carbocycles. The van der Waals surface area contributed by atoms with E-state index >= 15 is 0 Å². The number of nitrogens with zero attached hydrogens (tertiary/aromatic N) is 3. The van der Waals surface area contributed by atoms with E-state index in [1.807, 2.05) is 35.0 Å². The smallest absolute Gasteiger partial charge is 0.357 e. The van der Waals surface area contributed by atoms with Gasteiger partial charge in [0.2, 0.25) is 0 Å². The number of benzene rings is 3. The summed E-state index contributed by atoms with van der Waals surface area (Å²) in [7, 11) is 0. The van der Waals surface area contributed by atoms with Gasteiger partial charge in [-0.25, -0.2) is 14.6 Å². The van der Waals surface area contributed by atoms with Crippen LogP contribution in [0.25, 0.3) is 5.69 Å². The third-order valence-corrected chi connectivity index (χ3v) is 6.17. The van der Waals surface area contributed by atoms with Crippen LogP contribution in [-0.2, 0) is 16.2 Å². The summed E-state index contributed by atoms with van der Waals surface area (Å²) in [5.74, 6) is -1.42. The van der Waals surface area contributed by atoms with Gasteiger partial charge in [-0.05, 0) is 35.9 Å². The van der Waals surface area contributed by atoms with Crippen LogP contribution in [-0.4, -0.2) is 58.5 Å². The molecule has 0 atom stereocenters. The molecule has 0 radical (unpaired) electrons. The molecule has 38 heavy (non-hydrogen) atoms. The first-order valence-electron chi connectivity index (χ1n) is 12.2. The van der Waals surface area contributed by atoms with Gasteiger partial charge in [-0.3, -0.25) is 4.79 Å². The summed E-state index contributed by atoms with van der Waals surface area (Å²) in [6.45, 7) is 2.80. The quantitative estimate of drug-likeness (QED) is 0.284. The highest BCUT2D eigenvalue weighted by Crippen LogP contribution is 2.18. The Morgan fingerprint density at radius 1 is 0.816 bits per heavy atom. The fourth-order valence-corrected chi connectivity index (χ4v) is 4.08. The van der Waals surface area contributed by atoms with Gasteiger partial charge in [-0.2, -0.15) is 0 Å². The normalized spacial score (nSPS) is 13.6. The molecule has 9 heteroatoms. The van der Waals surface area contributed by atoms with E-state index in [1.54, 1.807) is 66.1 Å². The molecule has 192 valence electrons. The van der Waals surface area contributed by atoms with Crippen LogP contribution in [0.1, 0.15) is 42.2 Å². The minimum atomic E-state index is -0.594. The first kappa shape index (κ1) is 25.1. The number of hydroxylamine groups is 2. The molecule has 0 bridgehead atoms. The van der Waals surface area contributed by atoms with Crippen molar-refractivity contribution in [3.8, 4) is 5.69 Å². The molecule has 9 nitrogen and oxygen atoms in total. The maximum Gasteiger partial charge on any atom is 0.357 e. The lowest BCUT2D eigenvalue weighted by atomic mass is 9.97. The number of carbonyl (C=O) groups is 3. The van der Waals surface area contributed by atoms with Crippen molar-refractivity contribution in [2.75, 3.05) is 26.2 Å². The number of imidazole rings is 1. The largest absolute Gasteiger partial charge is 0.457 e. The molecule has 0 spiro atoms. The van der Waals surface area contributed by atoms with Crippen molar-refractivity contribution in [1.82, 2.24) is 19.9 Å². The van der Waals surface area contributed by atoms with Crippen molar-refractivity contribution < 1.29 is 24.0 Å². The first-order valence-corrected chi connectivity index (χ1v) is 12.2. The van der Waals surface area contributed by atoms with Gasteiger partial charge >= 0.3 is 11.9 Å². The molecular weight excluding hydrogens is 484 g/mol. The Morgan fingerprint density at radius 2 is 1.50 bits per heavy atom. The van der Waals surface area contributed by atoms with Crippen molar-refractivity contribution in [1.29, 1.82) is 0 Å². The number of hydrogen-bond donors (Lipinski definition) is 1. The van der Waals surface area contributed by atoms with Crippen molar-refractivity contribution in [2.45, 2.75) is 6.61 Å². The van der Waals surface area contributed by atoms with E-state index in [4.69, 9.17) is 9.57 Å². The number of rotatable bonds is 8. The molecule has 1 aromatic heterocycles. The highest BCUT2D eigenvalue weighted by molar-refractivity contribution is 6.14. The van der Waals surface area contributed by atoms with E-state index in [9.17, 15) is 14.4 Å².